The van der Waals surface area contributed by atoms with Crippen LogP contribution in [0.1, 0.15) is 24.1 Å². The van der Waals surface area contributed by atoms with E-state index in [-0.39, 0.29) is 0 Å². The third kappa shape index (κ3) is 3.66. The number of ether oxygens (including phenoxy) is 2. The largest absolute Gasteiger partial charge is 0.489 e. The molecule has 1 unspecified atom stereocenters. The van der Waals surface area contributed by atoms with E-state index >= 15 is 0 Å². The summed E-state index contributed by atoms with van der Waals surface area (Å²) in [5.74, 6) is 0.694. The number of hydrogen-bond acceptors (Lipinski definition) is 7. The fourth-order valence-electron chi connectivity index (χ4n) is 3.22. The van der Waals surface area contributed by atoms with E-state index in [9.17, 15) is 4.79 Å². The molecule has 4 rings (SSSR count). The number of anilines is 1. The third-order valence-corrected chi connectivity index (χ3v) is 5.04. The zero-order valence-corrected chi connectivity index (χ0v) is 16.6. The first-order valence-corrected chi connectivity index (χ1v) is 9.26. The van der Waals surface area contributed by atoms with Crippen molar-refractivity contribution in [3.63, 3.8) is 0 Å². The summed E-state index contributed by atoms with van der Waals surface area (Å²) in [6.07, 6.45) is 0. The van der Waals surface area contributed by atoms with Gasteiger partial charge in [-0.1, -0.05) is 47.0 Å². The monoisotopic (exact) mass is 411 g/mol. The van der Waals surface area contributed by atoms with Gasteiger partial charge < -0.3 is 14.8 Å². The fraction of sp³-hybridized carbons (Fsp3) is 0.200. The lowest BCUT2D eigenvalue weighted by molar-refractivity contribution is -0.136. The van der Waals surface area contributed by atoms with E-state index in [1.807, 2.05) is 48.5 Å². The molecule has 148 valence electrons. The normalized spacial score (nSPS) is 15.5. The number of halogens is 1. The zero-order valence-electron chi connectivity index (χ0n) is 15.8. The molecule has 1 aromatic heterocycles. The van der Waals surface area contributed by atoms with Gasteiger partial charge in [-0.15, -0.1) is 0 Å². The van der Waals surface area contributed by atoms with Gasteiger partial charge in [0, 0.05) is 16.3 Å². The average molecular weight is 412 g/mol. The highest BCUT2D eigenvalue weighted by Gasteiger charge is 2.34. The number of tetrazole rings is 1. The van der Waals surface area contributed by atoms with E-state index in [0.717, 1.165) is 11.1 Å². The van der Waals surface area contributed by atoms with E-state index < -0.39 is 12.0 Å². The van der Waals surface area contributed by atoms with Crippen LogP contribution in [0.25, 0.3) is 0 Å². The summed E-state index contributed by atoms with van der Waals surface area (Å²) in [6.45, 7) is 2.15. The van der Waals surface area contributed by atoms with Gasteiger partial charge in [-0.25, -0.2) is 4.79 Å². The number of benzene rings is 2. The van der Waals surface area contributed by atoms with E-state index in [2.05, 4.69) is 20.8 Å². The molecule has 0 fully saturated rings. The molecule has 0 bridgehead atoms. The van der Waals surface area contributed by atoms with Gasteiger partial charge in [0.15, 0.2) is 0 Å². The molecule has 3 aromatic rings. The highest BCUT2D eigenvalue weighted by atomic mass is 35.5. The molecule has 0 aliphatic carbocycles. The summed E-state index contributed by atoms with van der Waals surface area (Å²) >= 11 is 6.17. The zero-order chi connectivity index (χ0) is 20.4. The Hall–Kier alpha value is -3.39. The van der Waals surface area contributed by atoms with Crippen LogP contribution in [0.3, 0.4) is 0 Å². The molecule has 0 saturated carbocycles. The van der Waals surface area contributed by atoms with Crippen LogP contribution in [0.4, 0.5) is 5.95 Å². The SMILES string of the molecule is COC(=O)C1=C(C)Nc2nnnn2C1c1ccc(OCc2ccccc2Cl)cc1. The summed E-state index contributed by atoms with van der Waals surface area (Å²) in [5, 5.41) is 15.4. The summed E-state index contributed by atoms with van der Waals surface area (Å²) in [6, 6.07) is 14.4. The Balaban J connectivity index is 1.60. The van der Waals surface area contributed by atoms with Crippen LogP contribution < -0.4 is 10.1 Å². The third-order valence-electron chi connectivity index (χ3n) is 4.67. The van der Waals surface area contributed by atoms with E-state index in [4.69, 9.17) is 21.1 Å². The molecule has 1 aliphatic heterocycles. The minimum atomic E-state index is -0.508. The minimum Gasteiger partial charge on any atom is -0.489 e. The molecule has 1 N–H and O–H groups in total. The number of fused-ring (bicyclic) bond motifs is 1. The smallest absolute Gasteiger partial charge is 0.338 e. The van der Waals surface area contributed by atoms with Gasteiger partial charge in [0.25, 0.3) is 0 Å². The van der Waals surface area contributed by atoms with Crippen molar-refractivity contribution in [3.8, 4) is 5.75 Å². The topological polar surface area (TPSA) is 91.2 Å². The highest BCUT2D eigenvalue weighted by molar-refractivity contribution is 6.31. The molecule has 8 nitrogen and oxygen atoms in total. The molecule has 1 aliphatic rings. The minimum absolute atomic E-state index is 0.357. The van der Waals surface area contributed by atoms with Crippen LogP contribution >= 0.6 is 11.6 Å². The molecule has 0 amide bonds. The first-order valence-electron chi connectivity index (χ1n) is 8.88. The fourth-order valence-corrected chi connectivity index (χ4v) is 3.41. The maximum Gasteiger partial charge on any atom is 0.338 e. The van der Waals surface area contributed by atoms with Crippen molar-refractivity contribution in [2.75, 3.05) is 12.4 Å². The Morgan fingerprint density at radius 3 is 2.69 bits per heavy atom. The molecule has 29 heavy (non-hydrogen) atoms. The summed E-state index contributed by atoms with van der Waals surface area (Å²) in [4.78, 5) is 12.4. The van der Waals surface area contributed by atoms with Crippen molar-refractivity contribution < 1.29 is 14.3 Å². The van der Waals surface area contributed by atoms with Gasteiger partial charge in [-0.2, -0.15) is 4.68 Å². The standard InChI is InChI=1S/C20H18ClN5O3/c1-12-17(19(27)28-2)18(26-20(22-12)23-24-25-26)13-7-9-15(10-8-13)29-11-14-5-3-4-6-16(14)21/h3-10,18H,11H2,1-2H3,(H,22,23,25). The van der Waals surface area contributed by atoms with Crippen molar-refractivity contribution >= 4 is 23.5 Å². The van der Waals surface area contributed by atoms with Crippen molar-refractivity contribution in [2.45, 2.75) is 19.6 Å². The Kier molecular flexibility index (Phi) is 5.18. The number of nitrogens with one attached hydrogen (secondary N) is 1. The molecular formula is C20H18ClN5O3. The van der Waals surface area contributed by atoms with E-state index in [0.29, 0.717) is 34.6 Å². The number of methoxy groups -OCH3 is 1. The first kappa shape index (κ1) is 18.9. The van der Waals surface area contributed by atoms with Gasteiger partial charge >= 0.3 is 5.97 Å². The highest BCUT2D eigenvalue weighted by Crippen LogP contribution is 2.35. The van der Waals surface area contributed by atoms with Crippen molar-refractivity contribution in [1.29, 1.82) is 0 Å². The average Bonchev–Trinajstić information content (AvgIpc) is 3.20. The number of carbonyl (C=O) groups is 1. The second-order valence-corrected chi connectivity index (χ2v) is 6.86. The summed E-state index contributed by atoms with van der Waals surface area (Å²) in [5.41, 5.74) is 2.81. The molecule has 9 heteroatoms. The number of nitrogens with zero attached hydrogens (tertiary/aromatic N) is 4. The van der Waals surface area contributed by atoms with Gasteiger partial charge in [-0.3, -0.25) is 0 Å². The predicted octanol–water partition coefficient (Wildman–Crippen LogP) is 3.37. The van der Waals surface area contributed by atoms with Crippen LogP contribution in [0.2, 0.25) is 5.02 Å². The molecule has 1 atom stereocenters. The van der Waals surface area contributed by atoms with Gasteiger partial charge in [0.2, 0.25) is 5.95 Å². The molecule has 0 radical (unpaired) electrons. The predicted molar refractivity (Wildman–Crippen MR) is 107 cm³/mol. The Bertz CT molecular complexity index is 1080. The number of allylic oxidation sites excluding steroid dienone is 1. The summed E-state index contributed by atoms with van der Waals surface area (Å²) in [7, 11) is 1.35. The second-order valence-electron chi connectivity index (χ2n) is 6.45. The van der Waals surface area contributed by atoms with E-state index in [1.54, 1.807) is 11.6 Å². The van der Waals surface area contributed by atoms with Crippen LogP contribution in [-0.4, -0.2) is 33.3 Å². The second kappa shape index (κ2) is 7.92. The van der Waals surface area contributed by atoms with Crippen molar-refractivity contribution in [1.82, 2.24) is 20.2 Å². The number of hydrogen-bond donors (Lipinski definition) is 1. The van der Waals surface area contributed by atoms with Gasteiger partial charge in [0.05, 0.1) is 12.7 Å². The van der Waals surface area contributed by atoms with Gasteiger partial charge in [-0.05, 0) is 41.1 Å². The van der Waals surface area contributed by atoms with Crippen LogP contribution in [0.5, 0.6) is 5.75 Å². The van der Waals surface area contributed by atoms with Crippen LogP contribution in [0, 0.1) is 0 Å². The lowest BCUT2D eigenvalue weighted by atomic mass is 9.96. The Labute approximate surface area is 172 Å². The van der Waals surface area contributed by atoms with Crippen molar-refractivity contribution in [3.05, 3.63) is 76.0 Å². The number of esters is 1. The maximum absolute atomic E-state index is 12.4. The lowest BCUT2D eigenvalue weighted by Crippen LogP contribution is -2.29. The molecule has 2 heterocycles. The Morgan fingerprint density at radius 2 is 1.97 bits per heavy atom. The molecule has 0 saturated heterocycles. The quantitative estimate of drug-likeness (QED) is 0.643. The van der Waals surface area contributed by atoms with Gasteiger partial charge in [0.1, 0.15) is 18.4 Å². The molecule has 2 aromatic carbocycles. The maximum atomic E-state index is 12.4. The number of rotatable bonds is 5. The Morgan fingerprint density at radius 1 is 1.21 bits per heavy atom. The first-order chi connectivity index (χ1) is 14.1. The lowest BCUT2D eigenvalue weighted by Gasteiger charge is -2.27. The van der Waals surface area contributed by atoms with E-state index in [1.165, 1.54) is 7.11 Å². The molecule has 0 spiro atoms. The van der Waals surface area contributed by atoms with Crippen LogP contribution in [-0.2, 0) is 16.1 Å². The molecular weight excluding hydrogens is 394 g/mol. The van der Waals surface area contributed by atoms with Crippen LogP contribution in [0.15, 0.2) is 59.8 Å². The number of carbonyl (C=O) groups excluding carboxylic acids is 1. The van der Waals surface area contributed by atoms with Crippen molar-refractivity contribution in [2.24, 2.45) is 0 Å². The number of aromatic nitrogens is 4. The summed E-state index contributed by atoms with van der Waals surface area (Å²) < 4.78 is 12.4.